The minimum Gasteiger partial charge on any atom is -0.314 e. The van der Waals surface area contributed by atoms with Gasteiger partial charge in [0.2, 0.25) is 11.8 Å². The van der Waals surface area contributed by atoms with Crippen LogP contribution in [-0.2, 0) is 16.1 Å². The first-order valence-electron chi connectivity index (χ1n) is 9.43. The molecule has 0 radical (unpaired) electrons. The van der Waals surface area contributed by atoms with Gasteiger partial charge in [0.05, 0.1) is 18.4 Å². The van der Waals surface area contributed by atoms with E-state index >= 15 is 0 Å². The van der Waals surface area contributed by atoms with Crippen molar-refractivity contribution in [3.05, 3.63) is 71.4 Å². The highest BCUT2D eigenvalue weighted by Crippen LogP contribution is 2.28. The van der Waals surface area contributed by atoms with Gasteiger partial charge in [-0.15, -0.1) is 0 Å². The number of imide groups is 1. The summed E-state index contributed by atoms with van der Waals surface area (Å²) in [5, 5.41) is 1.55. The van der Waals surface area contributed by atoms with Gasteiger partial charge >= 0.3 is 0 Å². The van der Waals surface area contributed by atoms with Gasteiger partial charge in [-0.2, -0.15) is 0 Å². The number of hydrogen-bond donors (Lipinski definition) is 0. The Balaban J connectivity index is 1.56. The van der Waals surface area contributed by atoms with Gasteiger partial charge in [0, 0.05) is 30.2 Å². The number of aromatic nitrogens is 2. The fraction of sp³-hybridized carbons (Fsp3) is 0.227. The van der Waals surface area contributed by atoms with E-state index in [-0.39, 0.29) is 11.8 Å². The Morgan fingerprint density at radius 1 is 0.966 bits per heavy atom. The van der Waals surface area contributed by atoms with Crippen molar-refractivity contribution in [1.29, 1.82) is 0 Å². The van der Waals surface area contributed by atoms with Gasteiger partial charge in [0.25, 0.3) is 0 Å². The highest BCUT2D eigenvalue weighted by atomic mass is 35.5. The number of halogens is 1. The molecule has 1 fully saturated rings. The number of amides is 2. The molecule has 7 heteroatoms. The number of carbonyl (C=O) groups is 2. The van der Waals surface area contributed by atoms with Crippen LogP contribution in [-0.4, -0.2) is 38.6 Å². The summed E-state index contributed by atoms with van der Waals surface area (Å²) in [5.74, 6) is 0.457. The maximum Gasteiger partial charge on any atom is 0.229 e. The van der Waals surface area contributed by atoms with Crippen molar-refractivity contribution in [2.24, 2.45) is 0 Å². The lowest BCUT2D eigenvalue weighted by atomic mass is 10.1. The van der Waals surface area contributed by atoms with Crippen LogP contribution in [0.15, 0.2) is 66.0 Å². The van der Waals surface area contributed by atoms with Crippen LogP contribution >= 0.6 is 23.4 Å². The van der Waals surface area contributed by atoms with Crippen LogP contribution in [0.1, 0.15) is 18.4 Å². The van der Waals surface area contributed by atoms with Gasteiger partial charge in [-0.25, -0.2) is 4.98 Å². The zero-order chi connectivity index (χ0) is 20.2. The first-order valence-corrected chi connectivity index (χ1v) is 10.8. The molecule has 1 saturated heterocycles. The topological polar surface area (TPSA) is 55.2 Å². The molecule has 148 valence electrons. The second kappa shape index (κ2) is 8.84. The number of carbonyl (C=O) groups excluding carboxylic acids is 2. The maximum atomic E-state index is 11.8. The minimum absolute atomic E-state index is 0.0786. The zero-order valence-corrected chi connectivity index (χ0v) is 17.3. The van der Waals surface area contributed by atoms with E-state index in [0.29, 0.717) is 36.7 Å². The molecule has 2 amide bonds. The van der Waals surface area contributed by atoms with Crippen LogP contribution in [0.4, 0.5) is 0 Å². The predicted octanol–water partition coefficient (Wildman–Crippen LogP) is 4.49. The molecule has 5 nitrogen and oxygen atoms in total. The summed E-state index contributed by atoms with van der Waals surface area (Å²) < 4.78 is 2.16. The van der Waals surface area contributed by atoms with Crippen molar-refractivity contribution in [3.63, 3.8) is 0 Å². The van der Waals surface area contributed by atoms with E-state index in [1.807, 2.05) is 48.7 Å². The van der Waals surface area contributed by atoms with Crippen molar-refractivity contribution in [2.75, 3.05) is 12.3 Å². The Morgan fingerprint density at radius 3 is 2.34 bits per heavy atom. The molecule has 4 rings (SSSR count). The number of rotatable bonds is 7. The number of nitrogens with zero attached hydrogens (tertiary/aromatic N) is 3. The standard InChI is InChI=1S/C22H20ClN3O2S/c23-18-8-6-17(7-9-18)19-14-24-22(26(19)15-16-4-2-1-3-5-16)29-13-12-25-20(27)10-11-21(25)28/h1-9,14H,10-13,15H2. The summed E-state index contributed by atoms with van der Waals surface area (Å²) in [4.78, 5) is 29.6. The Morgan fingerprint density at radius 2 is 1.66 bits per heavy atom. The minimum atomic E-state index is -0.0786. The third kappa shape index (κ3) is 4.54. The van der Waals surface area contributed by atoms with Gasteiger partial charge in [0.1, 0.15) is 0 Å². The van der Waals surface area contributed by atoms with Crippen LogP contribution < -0.4 is 0 Å². The fourth-order valence-corrected chi connectivity index (χ4v) is 4.37. The molecule has 0 N–H and O–H groups in total. The molecule has 0 atom stereocenters. The summed E-state index contributed by atoms with van der Waals surface area (Å²) >= 11 is 7.60. The number of benzene rings is 2. The Labute approximate surface area is 178 Å². The molecular formula is C22H20ClN3O2S. The van der Waals surface area contributed by atoms with Crippen molar-refractivity contribution < 1.29 is 9.59 Å². The summed E-state index contributed by atoms with van der Waals surface area (Å²) in [6.07, 6.45) is 2.51. The van der Waals surface area contributed by atoms with E-state index in [0.717, 1.165) is 16.4 Å². The van der Waals surface area contributed by atoms with Crippen LogP contribution in [0.3, 0.4) is 0 Å². The van der Waals surface area contributed by atoms with Crippen LogP contribution in [0.5, 0.6) is 0 Å². The monoisotopic (exact) mass is 425 g/mol. The largest absolute Gasteiger partial charge is 0.314 e. The Bertz CT molecular complexity index is 1000. The highest BCUT2D eigenvalue weighted by Gasteiger charge is 2.28. The lowest BCUT2D eigenvalue weighted by molar-refractivity contribution is -0.137. The van der Waals surface area contributed by atoms with E-state index in [9.17, 15) is 9.59 Å². The Kier molecular flexibility index (Phi) is 6.02. The van der Waals surface area contributed by atoms with E-state index in [1.165, 1.54) is 10.5 Å². The summed E-state index contributed by atoms with van der Waals surface area (Å²) in [6, 6.07) is 17.9. The average molecular weight is 426 g/mol. The quantitative estimate of drug-likeness (QED) is 0.413. The third-order valence-corrected chi connectivity index (χ3v) is 6.07. The SMILES string of the molecule is O=C1CCC(=O)N1CCSc1ncc(-c2ccc(Cl)cc2)n1Cc1ccccc1. The maximum absolute atomic E-state index is 11.8. The third-order valence-electron chi connectivity index (χ3n) is 4.84. The smallest absolute Gasteiger partial charge is 0.229 e. The normalized spacial score (nSPS) is 14.0. The number of thioether (sulfide) groups is 1. The first-order chi connectivity index (χ1) is 14.1. The van der Waals surface area contributed by atoms with Crippen molar-refractivity contribution in [3.8, 4) is 11.3 Å². The zero-order valence-electron chi connectivity index (χ0n) is 15.8. The summed E-state index contributed by atoms with van der Waals surface area (Å²) in [6.45, 7) is 1.10. The van der Waals surface area contributed by atoms with Crippen LogP contribution in [0.25, 0.3) is 11.3 Å². The summed E-state index contributed by atoms with van der Waals surface area (Å²) in [7, 11) is 0. The van der Waals surface area contributed by atoms with E-state index in [2.05, 4.69) is 21.7 Å². The van der Waals surface area contributed by atoms with E-state index in [1.54, 1.807) is 11.8 Å². The van der Waals surface area contributed by atoms with Crippen molar-refractivity contribution in [2.45, 2.75) is 24.5 Å². The molecule has 0 bridgehead atoms. The molecule has 2 aromatic carbocycles. The fourth-order valence-electron chi connectivity index (χ4n) is 3.34. The Hall–Kier alpha value is -2.57. The van der Waals surface area contributed by atoms with E-state index < -0.39 is 0 Å². The van der Waals surface area contributed by atoms with E-state index in [4.69, 9.17) is 11.6 Å². The lowest BCUT2D eigenvalue weighted by Gasteiger charge is -2.15. The molecule has 2 heterocycles. The van der Waals surface area contributed by atoms with Gasteiger partial charge in [-0.05, 0) is 23.3 Å². The second-order valence-electron chi connectivity index (χ2n) is 6.79. The molecule has 3 aromatic rings. The predicted molar refractivity (Wildman–Crippen MR) is 115 cm³/mol. The van der Waals surface area contributed by atoms with Crippen molar-refractivity contribution in [1.82, 2.24) is 14.5 Å². The van der Waals surface area contributed by atoms with Gasteiger partial charge in [-0.3, -0.25) is 14.5 Å². The molecule has 1 aliphatic heterocycles. The molecule has 0 saturated carbocycles. The molecule has 0 spiro atoms. The van der Waals surface area contributed by atoms with Gasteiger partial charge in [0.15, 0.2) is 5.16 Å². The molecule has 29 heavy (non-hydrogen) atoms. The van der Waals surface area contributed by atoms with Crippen LogP contribution in [0, 0.1) is 0 Å². The average Bonchev–Trinajstić information content (AvgIpc) is 3.27. The highest BCUT2D eigenvalue weighted by molar-refractivity contribution is 7.99. The van der Waals surface area contributed by atoms with Crippen LogP contribution in [0.2, 0.25) is 5.02 Å². The number of hydrogen-bond acceptors (Lipinski definition) is 4. The lowest BCUT2D eigenvalue weighted by Crippen LogP contribution is -2.31. The molecule has 1 aliphatic rings. The summed E-state index contributed by atoms with van der Waals surface area (Å²) in [5.41, 5.74) is 3.21. The number of imidazole rings is 1. The first kappa shape index (κ1) is 19.7. The second-order valence-corrected chi connectivity index (χ2v) is 8.29. The van der Waals surface area contributed by atoms with Gasteiger partial charge in [-0.1, -0.05) is 65.8 Å². The molecule has 0 aliphatic carbocycles. The van der Waals surface area contributed by atoms with Crippen molar-refractivity contribution >= 4 is 35.2 Å². The molecular weight excluding hydrogens is 406 g/mol. The molecule has 0 unspecified atom stereocenters. The van der Waals surface area contributed by atoms with Gasteiger partial charge < -0.3 is 4.57 Å². The number of likely N-dealkylation sites (tertiary alicyclic amines) is 1. The molecule has 1 aromatic heterocycles.